The first-order chi connectivity index (χ1) is 4.43. The average Bonchev–Trinajstić information content (AvgIpc) is 1.91. The van der Waals surface area contributed by atoms with E-state index in [0.29, 0.717) is 0 Å². The number of hydrogen-bond acceptors (Lipinski definition) is 2. The zero-order valence-corrected chi connectivity index (χ0v) is 4.86. The number of hydrogen-bond donors (Lipinski definition) is 1. The van der Waals surface area contributed by atoms with Gasteiger partial charge in [0, 0.05) is 0 Å². The fraction of sp³-hybridized carbons (Fsp3) is 0. The third-order valence-electron chi connectivity index (χ3n) is 1.01. The van der Waals surface area contributed by atoms with Crippen LogP contribution < -0.4 is 0 Å². The second kappa shape index (κ2) is 5.47. The van der Waals surface area contributed by atoms with Crippen LogP contribution in [0.5, 0.6) is 0 Å². The molecule has 0 amide bonds. The Morgan fingerprint density at radius 3 is 2.30 bits per heavy atom. The van der Waals surface area contributed by atoms with Crippen molar-refractivity contribution in [3.8, 4) is 0 Å². The van der Waals surface area contributed by atoms with Gasteiger partial charge in [-0.2, -0.15) is 0 Å². The van der Waals surface area contributed by atoms with Crippen LogP contribution in [0.25, 0.3) is 0 Å². The predicted molar refractivity (Wildman–Crippen MR) is 43.0 cm³/mol. The summed E-state index contributed by atoms with van der Waals surface area (Å²) >= 11 is 0. The summed E-state index contributed by atoms with van der Waals surface area (Å²) in [5.41, 5.74) is 0.903. The molecule has 0 fully saturated rings. The van der Waals surface area contributed by atoms with E-state index in [9.17, 15) is 0 Å². The van der Waals surface area contributed by atoms with E-state index < -0.39 is 0 Å². The molecule has 0 spiro atoms. The molecular formula is C7H8NNaO. The Hall–Kier alpha value is -0.310. The van der Waals surface area contributed by atoms with Gasteiger partial charge < -0.3 is 5.21 Å². The summed E-state index contributed by atoms with van der Waals surface area (Å²) in [7, 11) is 0. The van der Waals surface area contributed by atoms with Gasteiger partial charge in [-0.15, -0.1) is 0 Å². The van der Waals surface area contributed by atoms with Gasteiger partial charge in [0.05, 0.1) is 6.21 Å². The summed E-state index contributed by atoms with van der Waals surface area (Å²) in [4.78, 5) is 0. The van der Waals surface area contributed by atoms with E-state index in [0.717, 1.165) is 5.56 Å². The fourth-order valence-corrected chi connectivity index (χ4v) is 0.606. The maximum absolute atomic E-state index is 8.09. The van der Waals surface area contributed by atoms with Crippen LogP contribution in [0.15, 0.2) is 35.5 Å². The standard InChI is InChI=1S/C7H7NO.Na.H/c9-8-6-7-4-2-1-3-5-7;;/h1-6,9H;;. The number of benzene rings is 1. The molecule has 0 aliphatic carbocycles. The van der Waals surface area contributed by atoms with Gasteiger partial charge in [0.15, 0.2) is 0 Å². The van der Waals surface area contributed by atoms with E-state index in [-0.39, 0.29) is 29.6 Å². The minimum absolute atomic E-state index is 0. The Kier molecular flexibility index (Phi) is 5.30. The third-order valence-corrected chi connectivity index (χ3v) is 1.01. The number of nitrogens with zero attached hydrogens (tertiary/aromatic N) is 1. The van der Waals surface area contributed by atoms with Crippen LogP contribution in [0.2, 0.25) is 0 Å². The first-order valence-electron chi connectivity index (χ1n) is 2.66. The summed E-state index contributed by atoms with van der Waals surface area (Å²) in [6, 6.07) is 9.40. The molecule has 1 N–H and O–H groups in total. The molecule has 0 radical (unpaired) electrons. The van der Waals surface area contributed by atoms with E-state index in [2.05, 4.69) is 5.16 Å². The molecular weight excluding hydrogens is 137 g/mol. The fourth-order valence-electron chi connectivity index (χ4n) is 0.606. The van der Waals surface area contributed by atoms with Crippen LogP contribution in [0.3, 0.4) is 0 Å². The average molecular weight is 145 g/mol. The van der Waals surface area contributed by atoms with Gasteiger partial charge in [-0.25, -0.2) is 0 Å². The van der Waals surface area contributed by atoms with Crippen LogP contribution >= 0.6 is 0 Å². The number of oxime groups is 1. The van der Waals surface area contributed by atoms with Crippen molar-refractivity contribution in [1.29, 1.82) is 0 Å². The van der Waals surface area contributed by atoms with Crippen molar-refractivity contribution in [3.05, 3.63) is 35.9 Å². The zero-order valence-electron chi connectivity index (χ0n) is 4.86. The van der Waals surface area contributed by atoms with Crippen molar-refractivity contribution < 1.29 is 5.21 Å². The van der Waals surface area contributed by atoms with Gasteiger partial charge >= 0.3 is 29.6 Å². The molecule has 0 saturated heterocycles. The van der Waals surface area contributed by atoms with Gasteiger partial charge in [-0.1, -0.05) is 35.5 Å². The minimum atomic E-state index is 0. The molecule has 1 rings (SSSR count). The second-order valence-electron chi connectivity index (χ2n) is 1.66. The Labute approximate surface area is 81.9 Å². The van der Waals surface area contributed by atoms with Crippen LogP contribution in [0.4, 0.5) is 0 Å². The van der Waals surface area contributed by atoms with Crippen LogP contribution in [0, 0.1) is 0 Å². The van der Waals surface area contributed by atoms with Crippen molar-refractivity contribution in [3.63, 3.8) is 0 Å². The summed E-state index contributed by atoms with van der Waals surface area (Å²) in [6.45, 7) is 0. The van der Waals surface area contributed by atoms with Crippen molar-refractivity contribution in [2.24, 2.45) is 5.16 Å². The molecule has 48 valence electrons. The molecule has 10 heavy (non-hydrogen) atoms. The summed E-state index contributed by atoms with van der Waals surface area (Å²) in [6.07, 6.45) is 1.39. The monoisotopic (exact) mass is 145 g/mol. The van der Waals surface area contributed by atoms with Crippen LogP contribution in [-0.2, 0) is 0 Å². The predicted octanol–water partition coefficient (Wildman–Crippen LogP) is 0.846. The van der Waals surface area contributed by atoms with E-state index in [4.69, 9.17) is 5.21 Å². The van der Waals surface area contributed by atoms with Gasteiger partial charge in [0.1, 0.15) is 0 Å². The van der Waals surface area contributed by atoms with Gasteiger partial charge in [0.25, 0.3) is 0 Å². The summed E-state index contributed by atoms with van der Waals surface area (Å²) < 4.78 is 0. The van der Waals surface area contributed by atoms with E-state index >= 15 is 0 Å². The van der Waals surface area contributed by atoms with Gasteiger partial charge in [0.2, 0.25) is 0 Å². The normalized spacial score (nSPS) is 9.20. The van der Waals surface area contributed by atoms with Crippen molar-refractivity contribution in [1.82, 2.24) is 0 Å². The topological polar surface area (TPSA) is 32.6 Å². The Morgan fingerprint density at radius 2 is 1.80 bits per heavy atom. The molecule has 2 nitrogen and oxygen atoms in total. The molecule has 0 aliphatic rings. The first kappa shape index (κ1) is 9.69. The second-order valence-corrected chi connectivity index (χ2v) is 1.66. The Bertz CT molecular complexity index is 198. The molecule has 0 aromatic heterocycles. The van der Waals surface area contributed by atoms with E-state index in [1.807, 2.05) is 30.3 Å². The quantitative estimate of drug-likeness (QED) is 0.270. The molecule has 0 heterocycles. The molecule has 0 saturated carbocycles. The first-order valence-corrected chi connectivity index (χ1v) is 2.66. The van der Waals surface area contributed by atoms with Crippen molar-refractivity contribution >= 4 is 35.8 Å². The Balaban J connectivity index is 0.000000810. The molecule has 3 heteroatoms. The molecule has 0 aliphatic heterocycles. The van der Waals surface area contributed by atoms with Gasteiger partial charge in [-0.05, 0) is 5.56 Å². The number of rotatable bonds is 1. The third kappa shape index (κ3) is 3.01. The van der Waals surface area contributed by atoms with Crippen LogP contribution in [-0.4, -0.2) is 41.0 Å². The van der Waals surface area contributed by atoms with Crippen molar-refractivity contribution in [2.75, 3.05) is 0 Å². The molecule has 0 unspecified atom stereocenters. The van der Waals surface area contributed by atoms with Crippen LogP contribution in [0.1, 0.15) is 5.56 Å². The van der Waals surface area contributed by atoms with Crippen molar-refractivity contribution in [2.45, 2.75) is 0 Å². The molecule has 1 aromatic carbocycles. The molecule has 0 atom stereocenters. The summed E-state index contributed by atoms with van der Waals surface area (Å²) in [5.74, 6) is 0. The molecule has 1 aromatic rings. The van der Waals surface area contributed by atoms with E-state index in [1.54, 1.807) is 0 Å². The zero-order chi connectivity index (χ0) is 6.53. The summed E-state index contributed by atoms with van der Waals surface area (Å²) in [5, 5.41) is 11.0. The SMILES string of the molecule is ON=Cc1ccccc1.[NaH]. The van der Waals surface area contributed by atoms with Gasteiger partial charge in [-0.3, -0.25) is 0 Å². The Morgan fingerprint density at radius 1 is 1.20 bits per heavy atom. The molecule has 0 bridgehead atoms. The van der Waals surface area contributed by atoms with E-state index in [1.165, 1.54) is 6.21 Å². The maximum atomic E-state index is 8.09.